The molecule has 2 aliphatic rings. The molecule has 5 heteroatoms. The fourth-order valence-electron chi connectivity index (χ4n) is 3.22. The normalized spacial score (nSPS) is 24.9. The lowest BCUT2D eigenvalue weighted by molar-refractivity contribution is -0.121. The molecule has 0 aromatic carbocycles. The van der Waals surface area contributed by atoms with Crippen molar-refractivity contribution in [3.8, 4) is 0 Å². The molecule has 2 saturated heterocycles. The summed E-state index contributed by atoms with van der Waals surface area (Å²) >= 11 is 0. The lowest BCUT2D eigenvalue weighted by Gasteiger charge is -2.33. The molecule has 2 aliphatic heterocycles. The van der Waals surface area contributed by atoms with Crippen LogP contribution < -0.4 is 10.6 Å². The Balaban J connectivity index is 1.48. The second-order valence-corrected chi connectivity index (χ2v) is 6.37. The maximum Gasteiger partial charge on any atom is 0.234 e. The monoisotopic (exact) mass is 297 g/mol. The van der Waals surface area contributed by atoms with Gasteiger partial charge in [0.1, 0.15) is 0 Å². The number of amides is 1. The minimum absolute atomic E-state index is 0.119. The lowest BCUT2D eigenvalue weighted by atomic mass is 10.0. The summed E-state index contributed by atoms with van der Waals surface area (Å²) in [6.07, 6.45) is 7.06. The van der Waals surface area contributed by atoms with Gasteiger partial charge in [0.2, 0.25) is 5.91 Å². The predicted molar refractivity (Wildman–Crippen MR) is 84.4 cm³/mol. The van der Waals surface area contributed by atoms with Gasteiger partial charge in [0, 0.05) is 25.3 Å². The molecular formula is C16H31N3O2. The Morgan fingerprint density at radius 2 is 2.05 bits per heavy atom. The van der Waals surface area contributed by atoms with E-state index in [1.54, 1.807) is 0 Å². The molecule has 122 valence electrons. The third-order valence-electron chi connectivity index (χ3n) is 4.61. The summed E-state index contributed by atoms with van der Waals surface area (Å²) in [5.74, 6) is 0.119. The Labute approximate surface area is 128 Å². The highest BCUT2D eigenvalue weighted by atomic mass is 16.5. The van der Waals surface area contributed by atoms with E-state index in [0.29, 0.717) is 12.6 Å². The second kappa shape index (κ2) is 9.38. The van der Waals surface area contributed by atoms with E-state index >= 15 is 0 Å². The number of rotatable bonds is 7. The zero-order valence-corrected chi connectivity index (χ0v) is 13.4. The molecule has 0 spiro atoms. The number of hydrogen-bond donors (Lipinski definition) is 2. The van der Waals surface area contributed by atoms with Crippen LogP contribution in [-0.4, -0.2) is 62.3 Å². The highest BCUT2D eigenvalue weighted by Crippen LogP contribution is 2.15. The number of nitrogens with one attached hydrogen (secondary N) is 2. The fourth-order valence-corrected chi connectivity index (χ4v) is 3.22. The van der Waals surface area contributed by atoms with E-state index in [9.17, 15) is 4.79 Å². The van der Waals surface area contributed by atoms with Crippen LogP contribution in [0.4, 0.5) is 0 Å². The number of likely N-dealkylation sites (tertiary alicyclic amines) is 1. The van der Waals surface area contributed by atoms with Gasteiger partial charge in [0.05, 0.1) is 6.54 Å². The van der Waals surface area contributed by atoms with Crippen LogP contribution in [0.25, 0.3) is 0 Å². The van der Waals surface area contributed by atoms with Crippen LogP contribution in [0.5, 0.6) is 0 Å². The van der Waals surface area contributed by atoms with Crippen LogP contribution in [0.1, 0.15) is 45.4 Å². The summed E-state index contributed by atoms with van der Waals surface area (Å²) in [6, 6.07) is 1.04. The Kier molecular flexibility index (Phi) is 7.47. The molecule has 0 aromatic rings. The molecule has 0 radical (unpaired) electrons. The number of piperidine rings is 1. The van der Waals surface area contributed by atoms with Crippen LogP contribution >= 0.6 is 0 Å². The summed E-state index contributed by atoms with van der Waals surface area (Å²) in [5.41, 5.74) is 0. The van der Waals surface area contributed by atoms with Crippen molar-refractivity contribution >= 4 is 5.91 Å². The van der Waals surface area contributed by atoms with Crippen LogP contribution in [0.15, 0.2) is 0 Å². The molecule has 2 fully saturated rings. The first kappa shape index (κ1) is 16.7. The molecule has 2 N–H and O–H groups in total. The number of carbonyl (C=O) groups excluding carboxylic acids is 1. The fraction of sp³-hybridized carbons (Fsp3) is 0.938. The third-order valence-corrected chi connectivity index (χ3v) is 4.61. The van der Waals surface area contributed by atoms with Gasteiger partial charge in [-0.3, -0.25) is 4.79 Å². The molecule has 5 nitrogen and oxygen atoms in total. The minimum Gasteiger partial charge on any atom is -0.381 e. The van der Waals surface area contributed by atoms with E-state index in [0.717, 1.165) is 51.6 Å². The third kappa shape index (κ3) is 6.32. The van der Waals surface area contributed by atoms with Crippen molar-refractivity contribution in [2.24, 2.45) is 0 Å². The van der Waals surface area contributed by atoms with Crippen molar-refractivity contribution in [3.63, 3.8) is 0 Å². The molecule has 1 amide bonds. The maximum atomic E-state index is 11.8. The number of hydrogen-bond acceptors (Lipinski definition) is 4. The average molecular weight is 297 g/mol. The quantitative estimate of drug-likeness (QED) is 0.692. The Morgan fingerprint density at radius 1 is 1.24 bits per heavy atom. The number of nitrogens with zero attached hydrogens (tertiary/aromatic N) is 1. The average Bonchev–Trinajstić information content (AvgIpc) is 2.50. The van der Waals surface area contributed by atoms with E-state index in [4.69, 9.17) is 4.74 Å². The highest BCUT2D eigenvalue weighted by molar-refractivity contribution is 5.78. The molecule has 1 atom stereocenters. The summed E-state index contributed by atoms with van der Waals surface area (Å²) in [5, 5.41) is 6.33. The molecule has 0 aromatic heterocycles. The molecule has 1 unspecified atom stereocenters. The van der Waals surface area contributed by atoms with Crippen molar-refractivity contribution in [2.75, 3.05) is 39.4 Å². The highest BCUT2D eigenvalue weighted by Gasteiger charge is 2.17. The van der Waals surface area contributed by atoms with Gasteiger partial charge >= 0.3 is 0 Å². The van der Waals surface area contributed by atoms with Crippen LogP contribution in [0.3, 0.4) is 0 Å². The van der Waals surface area contributed by atoms with Gasteiger partial charge in [-0.05, 0) is 58.7 Å². The first-order chi connectivity index (χ1) is 10.3. The van der Waals surface area contributed by atoms with Crippen molar-refractivity contribution in [1.29, 1.82) is 0 Å². The molecular weight excluding hydrogens is 266 g/mol. The SMILES string of the molecule is CC1CCCCN1CCCNCC(=O)NC1CCOCC1. The summed E-state index contributed by atoms with van der Waals surface area (Å²) in [4.78, 5) is 14.4. The van der Waals surface area contributed by atoms with E-state index < -0.39 is 0 Å². The van der Waals surface area contributed by atoms with Gasteiger partial charge in [0.25, 0.3) is 0 Å². The van der Waals surface area contributed by atoms with Crippen molar-refractivity contribution < 1.29 is 9.53 Å². The topological polar surface area (TPSA) is 53.6 Å². The van der Waals surface area contributed by atoms with Gasteiger partial charge < -0.3 is 20.3 Å². The molecule has 2 rings (SSSR count). The Morgan fingerprint density at radius 3 is 2.81 bits per heavy atom. The molecule has 0 saturated carbocycles. The van der Waals surface area contributed by atoms with E-state index in [1.807, 2.05) is 0 Å². The van der Waals surface area contributed by atoms with Gasteiger partial charge in [-0.15, -0.1) is 0 Å². The Bertz CT molecular complexity index is 306. The van der Waals surface area contributed by atoms with Gasteiger partial charge in [-0.25, -0.2) is 0 Å². The smallest absolute Gasteiger partial charge is 0.234 e. The minimum atomic E-state index is 0.119. The largest absolute Gasteiger partial charge is 0.381 e. The molecule has 2 heterocycles. The van der Waals surface area contributed by atoms with Gasteiger partial charge in [-0.1, -0.05) is 6.42 Å². The summed E-state index contributed by atoms with van der Waals surface area (Å²) in [7, 11) is 0. The van der Waals surface area contributed by atoms with Gasteiger partial charge in [-0.2, -0.15) is 0 Å². The van der Waals surface area contributed by atoms with Crippen molar-refractivity contribution in [1.82, 2.24) is 15.5 Å². The van der Waals surface area contributed by atoms with Crippen molar-refractivity contribution in [3.05, 3.63) is 0 Å². The maximum absolute atomic E-state index is 11.8. The predicted octanol–water partition coefficient (Wildman–Crippen LogP) is 1.14. The first-order valence-electron chi connectivity index (χ1n) is 8.57. The standard InChI is InChI=1S/C16H31N3O2/c1-14-5-2-3-9-19(14)10-4-8-17-13-16(20)18-15-6-11-21-12-7-15/h14-15,17H,2-13H2,1H3,(H,18,20). The van der Waals surface area contributed by atoms with Crippen LogP contribution in [0.2, 0.25) is 0 Å². The van der Waals surface area contributed by atoms with E-state index in [-0.39, 0.29) is 5.91 Å². The first-order valence-corrected chi connectivity index (χ1v) is 8.57. The Hall–Kier alpha value is -0.650. The van der Waals surface area contributed by atoms with Crippen LogP contribution in [-0.2, 0) is 9.53 Å². The second-order valence-electron chi connectivity index (χ2n) is 6.37. The molecule has 21 heavy (non-hydrogen) atoms. The summed E-state index contributed by atoms with van der Waals surface area (Å²) in [6.45, 7) is 7.62. The van der Waals surface area contributed by atoms with Crippen LogP contribution in [0, 0.1) is 0 Å². The number of carbonyl (C=O) groups is 1. The lowest BCUT2D eigenvalue weighted by Crippen LogP contribution is -2.43. The number of ether oxygens (including phenoxy) is 1. The zero-order chi connectivity index (χ0) is 14.9. The van der Waals surface area contributed by atoms with E-state index in [1.165, 1.54) is 25.8 Å². The van der Waals surface area contributed by atoms with E-state index in [2.05, 4.69) is 22.5 Å². The van der Waals surface area contributed by atoms with Crippen molar-refractivity contribution in [2.45, 2.75) is 57.5 Å². The molecule has 0 aliphatic carbocycles. The summed E-state index contributed by atoms with van der Waals surface area (Å²) < 4.78 is 5.29. The van der Waals surface area contributed by atoms with Gasteiger partial charge in [0.15, 0.2) is 0 Å². The zero-order valence-electron chi connectivity index (χ0n) is 13.4. The molecule has 0 bridgehead atoms.